The van der Waals surface area contributed by atoms with E-state index in [1.165, 1.54) is 5.69 Å². The maximum absolute atomic E-state index is 6.19. The molecular weight excluding hydrogens is 372 g/mol. The highest BCUT2D eigenvalue weighted by Gasteiger charge is 2.07. The molecule has 0 fully saturated rings. The number of anilines is 4. The zero-order valence-electron chi connectivity index (χ0n) is 16.4. The minimum atomic E-state index is 0.447. The Morgan fingerprint density at radius 1 is 1.07 bits per heavy atom. The van der Waals surface area contributed by atoms with E-state index in [2.05, 4.69) is 69.7 Å². The van der Waals surface area contributed by atoms with Crippen molar-refractivity contribution in [3.05, 3.63) is 64.8 Å². The average Bonchev–Trinajstić information content (AvgIpc) is 2.71. The summed E-state index contributed by atoms with van der Waals surface area (Å²) < 4.78 is 0. The van der Waals surface area contributed by atoms with Crippen LogP contribution < -0.4 is 15.5 Å². The summed E-state index contributed by atoms with van der Waals surface area (Å²) >= 11 is 6.19. The molecule has 0 amide bonds. The van der Waals surface area contributed by atoms with Gasteiger partial charge in [0, 0.05) is 36.0 Å². The van der Waals surface area contributed by atoms with Gasteiger partial charge in [0.2, 0.25) is 5.95 Å². The number of hydrogen-bond donors (Lipinski definition) is 2. The highest BCUT2D eigenvalue weighted by molar-refractivity contribution is 6.31. The van der Waals surface area contributed by atoms with Crippen LogP contribution in [-0.4, -0.2) is 28.3 Å². The second-order valence-corrected chi connectivity index (χ2v) is 6.81. The molecule has 0 unspecified atom stereocenters. The van der Waals surface area contributed by atoms with E-state index < -0.39 is 0 Å². The molecule has 1 aromatic heterocycles. The lowest BCUT2D eigenvalue weighted by Crippen LogP contribution is -2.21. The fraction of sp³-hybridized carbons (Fsp3) is 0.286. The molecule has 1 heterocycles. The summed E-state index contributed by atoms with van der Waals surface area (Å²) in [5.41, 5.74) is 4.34. The third-order valence-corrected chi connectivity index (χ3v) is 4.92. The second-order valence-electron chi connectivity index (χ2n) is 6.41. The minimum absolute atomic E-state index is 0.447. The summed E-state index contributed by atoms with van der Waals surface area (Å²) in [5, 5.41) is 15.3. The summed E-state index contributed by atoms with van der Waals surface area (Å²) in [5.74, 6) is 1.08. The summed E-state index contributed by atoms with van der Waals surface area (Å²) in [6.07, 6.45) is 1.61. The fourth-order valence-electron chi connectivity index (χ4n) is 2.97. The standard InChI is InChI=1S/C21H25ClN6/c1-4-28(5-2)17-10-11-19(15(3)12-17)25-20-14-24-27-21(26-20)23-13-16-8-6-7-9-18(16)22/h6-12,14H,4-5,13H2,1-3H3,(H2,23,25,26,27). The third-order valence-electron chi connectivity index (χ3n) is 4.55. The van der Waals surface area contributed by atoms with Gasteiger partial charge in [-0.1, -0.05) is 29.8 Å². The molecule has 0 saturated heterocycles. The van der Waals surface area contributed by atoms with Crippen molar-refractivity contribution in [1.82, 2.24) is 15.2 Å². The van der Waals surface area contributed by atoms with E-state index in [-0.39, 0.29) is 0 Å². The molecule has 0 bridgehead atoms. The van der Waals surface area contributed by atoms with Gasteiger partial charge in [-0.05, 0) is 56.2 Å². The first-order valence-corrected chi connectivity index (χ1v) is 9.78. The van der Waals surface area contributed by atoms with Crippen molar-refractivity contribution in [3.8, 4) is 0 Å². The molecule has 146 valence electrons. The van der Waals surface area contributed by atoms with Crippen LogP contribution in [0.4, 0.5) is 23.1 Å². The Labute approximate surface area is 171 Å². The lowest BCUT2D eigenvalue weighted by Gasteiger charge is -2.22. The molecular formula is C21H25ClN6. The first-order valence-electron chi connectivity index (χ1n) is 9.40. The Hall–Kier alpha value is -2.86. The normalized spacial score (nSPS) is 10.6. The van der Waals surface area contributed by atoms with Crippen LogP contribution in [0.3, 0.4) is 0 Å². The van der Waals surface area contributed by atoms with E-state index in [0.29, 0.717) is 23.3 Å². The van der Waals surface area contributed by atoms with Gasteiger partial charge in [0.15, 0.2) is 5.82 Å². The van der Waals surface area contributed by atoms with E-state index in [1.807, 2.05) is 24.3 Å². The average molecular weight is 397 g/mol. The molecule has 0 saturated carbocycles. The van der Waals surface area contributed by atoms with Crippen molar-refractivity contribution in [2.75, 3.05) is 28.6 Å². The predicted octanol–water partition coefficient (Wildman–Crippen LogP) is 5.04. The van der Waals surface area contributed by atoms with Crippen LogP contribution in [0.2, 0.25) is 5.02 Å². The molecule has 3 rings (SSSR count). The van der Waals surface area contributed by atoms with Crippen molar-refractivity contribution in [3.63, 3.8) is 0 Å². The quantitative estimate of drug-likeness (QED) is 0.556. The van der Waals surface area contributed by atoms with Crippen LogP contribution in [0.25, 0.3) is 0 Å². The van der Waals surface area contributed by atoms with E-state index >= 15 is 0 Å². The van der Waals surface area contributed by atoms with E-state index in [0.717, 1.165) is 29.9 Å². The van der Waals surface area contributed by atoms with Crippen LogP contribution in [0.1, 0.15) is 25.0 Å². The second kappa shape index (κ2) is 9.37. The van der Waals surface area contributed by atoms with E-state index in [9.17, 15) is 0 Å². The lowest BCUT2D eigenvalue weighted by molar-refractivity contribution is 0.866. The molecule has 0 spiro atoms. The Balaban J connectivity index is 1.70. The number of nitrogens with zero attached hydrogens (tertiary/aromatic N) is 4. The zero-order chi connectivity index (χ0) is 19.9. The van der Waals surface area contributed by atoms with Crippen LogP contribution in [0.5, 0.6) is 0 Å². The van der Waals surface area contributed by atoms with Crippen molar-refractivity contribution in [2.45, 2.75) is 27.3 Å². The van der Waals surface area contributed by atoms with E-state index in [1.54, 1.807) is 6.20 Å². The van der Waals surface area contributed by atoms with Gasteiger partial charge in [-0.25, -0.2) is 0 Å². The minimum Gasteiger partial charge on any atom is -0.372 e. The van der Waals surface area contributed by atoms with Crippen molar-refractivity contribution in [1.29, 1.82) is 0 Å². The molecule has 6 nitrogen and oxygen atoms in total. The van der Waals surface area contributed by atoms with Crippen LogP contribution >= 0.6 is 11.6 Å². The number of nitrogens with one attached hydrogen (secondary N) is 2. The van der Waals surface area contributed by atoms with Gasteiger partial charge < -0.3 is 15.5 Å². The molecule has 0 aliphatic heterocycles. The third kappa shape index (κ3) is 4.89. The molecule has 2 N–H and O–H groups in total. The molecule has 2 aromatic carbocycles. The molecule has 7 heteroatoms. The zero-order valence-corrected chi connectivity index (χ0v) is 17.2. The number of benzene rings is 2. The van der Waals surface area contributed by atoms with Crippen molar-refractivity contribution >= 4 is 34.7 Å². The Kier molecular flexibility index (Phi) is 6.66. The topological polar surface area (TPSA) is 66.0 Å². The Morgan fingerprint density at radius 3 is 2.57 bits per heavy atom. The number of aromatic nitrogens is 3. The Bertz CT molecular complexity index is 926. The first kappa shape index (κ1) is 19.9. The Morgan fingerprint density at radius 2 is 1.86 bits per heavy atom. The van der Waals surface area contributed by atoms with Crippen LogP contribution in [0, 0.1) is 6.92 Å². The maximum Gasteiger partial charge on any atom is 0.244 e. The number of rotatable bonds is 8. The SMILES string of the molecule is CCN(CC)c1ccc(Nc2cnnc(NCc3ccccc3Cl)n2)c(C)c1. The molecule has 0 radical (unpaired) electrons. The molecule has 3 aromatic rings. The van der Waals surface area contributed by atoms with Gasteiger partial charge in [-0.3, -0.25) is 0 Å². The highest BCUT2D eigenvalue weighted by atomic mass is 35.5. The summed E-state index contributed by atoms with van der Waals surface area (Å²) in [7, 11) is 0. The van der Waals surface area contributed by atoms with Gasteiger partial charge in [0.25, 0.3) is 0 Å². The molecule has 28 heavy (non-hydrogen) atoms. The monoisotopic (exact) mass is 396 g/mol. The van der Waals surface area contributed by atoms with Gasteiger partial charge in [-0.15, -0.1) is 5.10 Å². The van der Waals surface area contributed by atoms with E-state index in [4.69, 9.17) is 11.6 Å². The molecule has 0 aliphatic carbocycles. The smallest absolute Gasteiger partial charge is 0.244 e. The summed E-state index contributed by atoms with van der Waals surface area (Å²) in [6, 6.07) is 14.1. The summed E-state index contributed by atoms with van der Waals surface area (Å²) in [6.45, 7) is 8.91. The fourth-order valence-corrected chi connectivity index (χ4v) is 3.17. The van der Waals surface area contributed by atoms with Gasteiger partial charge in [0.1, 0.15) is 0 Å². The number of hydrogen-bond acceptors (Lipinski definition) is 6. The number of aryl methyl sites for hydroxylation is 1. The maximum atomic E-state index is 6.19. The molecule has 0 aliphatic rings. The van der Waals surface area contributed by atoms with Gasteiger partial charge in [-0.2, -0.15) is 10.1 Å². The van der Waals surface area contributed by atoms with Crippen molar-refractivity contribution < 1.29 is 0 Å². The highest BCUT2D eigenvalue weighted by Crippen LogP contribution is 2.25. The number of halogens is 1. The van der Waals surface area contributed by atoms with Gasteiger partial charge in [0.05, 0.1) is 6.20 Å². The predicted molar refractivity (Wildman–Crippen MR) is 117 cm³/mol. The first-order chi connectivity index (χ1) is 13.6. The van der Waals surface area contributed by atoms with Crippen LogP contribution in [0.15, 0.2) is 48.7 Å². The van der Waals surface area contributed by atoms with Crippen molar-refractivity contribution in [2.24, 2.45) is 0 Å². The van der Waals surface area contributed by atoms with Crippen LogP contribution in [-0.2, 0) is 6.54 Å². The molecule has 0 atom stereocenters. The largest absolute Gasteiger partial charge is 0.372 e. The summed E-state index contributed by atoms with van der Waals surface area (Å²) in [4.78, 5) is 6.81. The lowest BCUT2D eigenvalue weighted by atomic mass is 10.1. The van der Waals surface area contributed by atoms with Gasteiger partial charge >= 0.3 is 0 Å².